The fraction of sp³-hybridized carbons (Fsp3) is 0.0556. The first-order valence-electron chi connectivity index (χ1n) is 7.62. The number of hydrogen-bond donors (Lipinski definition) is 2. The molecule has 26 heavy (non-hydrogen) atoms. The van der Waals surface area contributed by atoms with E-state index >= 15 is 0 Å². The zero-order chi connectivity index (χ0) is 18.4. The molecule has 0 saturated heterocycles. The van der Waals surface area contributed by atoms with Crippen molar-refractivity contribution in [2.75, 3.05) is 6.61 Å². The van der Waals surface area contributed by atoms with Gasteiger partial charge in [0.2, 0.25) is 0 Å². The highest BCUT2D eigenvalue weighted by Gasteiger charge is 2.07. The first kappa shape index (κ1) is 17.6. The first-order valence-corrected chi connectivity index (χ1v) is 8.00. The van der Waals surface area contributed by atoms with Crippen molar-refractivity contribution >= 4 is 23.7 Å². The lowest BCUT2D eigenvalue weighted by atomic mass is 10.1. The van der Waals surface area contributed by atoms with Gasteiger partial charge >= 0.3 is 0 Å². The maximum Gasteiger partial charge on any atom is 0.277 e. The lowest BCUT2D eigenvalue weighted by molar-refractivity contribution is -0.123. The van der Waals surface area contributed by atoms with Crippen molar-refractivity contribution in [2.45, 2.75) is 0 Å². The van der Waals surface area contributed by atoms with Crippen LogP contribution in [0.25, 0.3) is 11.3 Å². The van der Waals surface area contributed by atoms with Gasteiger partial charge in [0.05, 0.1) is 23.1 Å². The van der Waals surface area contributed by atoms with E-state index in [0.29, 0.717) is 22.0 Å². The standard InChI is InChI=1S/C18H14ClFN4O2/c19-15-3-1-2-4-16(15)26-11-17(25)23-21-9-13-10-22-24-18(13)12-5-7-14(20)8-6-12/h1-10H,11H2,(H,22,24)(H,23,25)/b21-9-. The summed E-state index contributed by atoms with van der Waals surface area (Å²) in [5.74, 6) is -0.344. The van der Waals surface area contributed by atoms with Crippen LogP contribution >= 0.6 is 11.6 Å². The molecule has 1 amide bonds. The van der Waals surface area contributed by atoms with Crippen LogP contribution in [0.5, 0.6) is 5.75 Å². The van der Waals surface area contributed by atoms with Gasteiger partial charge in [-0.1, -0.05) is 23.7 Å². The van der Waals surface area contributed by atoms with E-state index in [1.165, 1.54) is 18.3 Å². The quantitative estimate of drug-likeness (QED) is 0.514. The first-order chi connectivity index (χ1) is 12.6. The molecular formula is C18H14ClFN4O2. The summed E-state index contributed by atoms with van der Waals surface area (Å²) in [5.41, 5.74) is 4.41. The van der Waals surface area contributed by atoms with Gasteiger partial charge in [-0.15, -0.1) is 0 Å². The largest absolute Gasteiger partial charge is 0.482 e. The molecule has 6 nitrogen and oxygen atoms in total. The number of rotatable bonds is 6. The molecule has 2 N–H and O–H groups in total. The number of hydrogen-bond acceptors (Lipinski definition) is 4. The molecule has 3 rings (SSSR count). The second-order valence-corrected chi connectivity index (χ2v) is 5.63. The van der Waals surface area contributed by atoms with Crippen LogP contribution in [0, 0.1) is 5.82 Å². The Labute approximate surface area is 153 Å². The smallest absolute Gasteiger partial charge is 0.277 e. The Morgan fingerprint density at radius 2 is 2.04 bits per heavy atom. The molecule has 1 aromatic heterocycles. The zero-order valence-electron chi connectivity index (χ0n) is 13.4. The lowest BCUT2D eigenvalue weighted by Crippen LogP contribution is -2.24. The van der Waals surface area contributed by atoms with Crippen molar-refractivity contribution in [3.63, 3.8) is 0 Å². The normalized spacial score (nSPS) is 10.8. The van der Waals surface area contributed by atoms with Crippen LogP contribution in [0.2, 0.25) is 5.02 Å². The number of nitrogens with one attached hydrogen (secondary N) is 2. The molecule has 0 aliphatic heterocycles. The van der Waals surface area contributed by atoms with Gasteiger partial charge in [0, 0.05) is 11.1 Å². The minimum Gasteiger partial charge on any atom is -0.482 e. The number of carbonyl (C=O) groups excluding carboxylic acids is 1. The van der Waals surface area contributed by atoms with Crippen molar-refractivity contribution in [1.29, 1.82) is 0 Å². The predicted octanol–water partition coefficient (Wildman–Crippen LogP) is 3.40. The minimum atomic E-state index is -0.437. The molecule has 3 aromatic rings. The number of hydrazone groups is 1. The Balaban J connectivity index is 1.57. The maximum absolute atomic E-state index is 13.0. The van der Waals surface area contributed by atoms with Crippen LogP contribution in [-0.2, 0) is 4.79 Å². The van der Waals surface area contributed by atoms with Gasteiger partial charge in [0.15, 0.2) is 6.61 Å². The zero-order valence-corrected chi connectivity index (χ0v) is 14.2. The summed E-state index contributed by atoms with van der Waals surface area (Å²) in [6, 6.07) is 12.8. The molecule has 0 bridgehead atoms. The molecule has 0 spiro atoms. The highest BCUT2D eigenvalue weighted by molar-refractivity contribution is 6.32. The van der Waals surface area contributed by atoms with E-state index in [9.17, 15) is 9.18 Å². The van der Waals surface area contributed by atoms with Gasteiger partial charge < -0.3 is 4.74 Å². The maximum atomic E-state index is 13.0. The molecule has 2 aromatic carbocycles. The second-order valence-electron chi connectivity index (χ2n) is 5.22. The molecule has 0 fully saturated rings. The summed E-state index contributed by atoms with van der Waals surface area (Å²) >= 11 is 5.94. The molecule has 0 radical (unpaired) electrons. The van der Waals surface area contributed by atoms with Gasteiger partial charge in [-0.25, -0.2) is 9.82 Å². The number of halogens is 2. The highest BCUT2D eigenvalue weighted by atomic mass is 35.5. The summed E-state index contributed by atoms with van der Waals surface area (Å²) in [6.45, 7) is -0.225. The summed E-state index contributed by atoms with van der Waals surface area (Å²) in [5, 5.41) is 11.1. The molecule has 132 valence electrons. The van der Waals surface area contributed by atoms with E-state index in [-0.39, 0.29) is 12.4 Å². The number of para-hydroxylation sites is 1. The number of aromatic nitrogens is 2. The third-order valence-electron chi connectivity index (χ3n) is 3.39. The van der Waals surface area contributed by atoms with Crippen LogP contribution in [0.1, 0.15) is 5.56 Å². The van der Waals surface area contributed by atoms with Crippen LogP contribution < -0.4 is 10.2 Å². The summed E-state index contributed by atoms with van der Waals surface area (Å²) in [6.07, 6.45) is 2.99. The van der Waals surface area contributed by atoms with Crippen LogP contribution in [0.3, 0.4) is 0 Å². The number of amides is 1. The third-order valence-corrected chi connectivity index (χ3v) is 3.70. The van der Waals surface area contributed by atoms with E-state index in [1.54, 1.807) is 42.6 Å². The molecular weight excluding hydrogens is 359 g/mol. The molecule has 0 aliphatic carbocycles. The van der Waals surface area contributed by atoms with Crippen molar-refractivity contribution in [1.82, 2.24) is 15.6 Å². The van der Waals surface area contributed by atoms with Crippen LogP contribution in [0.15, 0.2) is 59.8 Å². The van der Waals surface area contributed by atoms with E-state index in [2.05, 4.69) is 20.7 Å². The Morgan fingerprint density at radius 1 is 1.27 bits per heavy atom. The number of carbonyl (C=O) groups is 1. The SMILES string of the molecule is O=C(COc1ccccc1Cl)N/N=C\c1cn[nH]c1-c1ccc(F)cc1. The fourth-order valence-corrected chi connectivity index (χ4v) is 2.34. The molecule has 0 saturated carbocycles. The van der Waals surface area contributed by atoms with Crippen LogP contribution in [0.4, 0.5) is 4.39 Å². The van der Waals surface area contributed by atoms with Crippen LogP contribution in [-0.4, -0.2) is 28.9 Å². The van der Waals surface area contributed by atoms with Crippen molar-refractivity contribution in [2.24, 2.45) is 5.10 Å². The highest BCUT2D eigenvalue weighted by Crippen LogP contribution is 2.23. The molecule has 0 aliphatic rings. The average Bonchev–Trinajstić information content (AvgIpc) is 3.10. The van der Waals surface area contributed by atoms with E-state index < -0.39 is 5.91 Å². The van der Waals surface area contributed by atoms with Gasteiger partial charge in [0.25, 0.3) is 5.91 Å². The summed E-state index contributed by atoms with van der Waals surface area (Å²) in [7, 11) is 0. The second kappa shape index (κ2) is 8.26. The average molecular weight is 373 g/mol. The fourth-order valence-electron chi connectivity index (χ4n) is 2.15. The van der Waals surface area contributed by atoms with E-state index in [4.69, 9.17) is 16.3 Å². The summed E-state index contributed by atoms with van der Waals surface area (Å²) in [4.78, 5) is 11.8. The van der Waals surface area contributed by atoms with Gasteiger partial charge in [-0.3, -0.25) is 9.89 Å². The van der Waals surface area contributed by atoms with Gasteiger partial charge in [-0.2, -0.15) is 10.2 Å². The summed E-state index contributed by atoms with van der Waals surface area (Å²) < 4.78 is 18.3. The number of ether oxygens (including phenoxy) is 1. The Kier molecular flexibility index (Phi) is 5.60. The van der Waals surface area contributed by atoms with E-state index in [0.717, 1.165) is 5.56 Å². The number of aromatic amines is 1. The minimum absolute atomic E-state index is 0.225. The molecule has 1 heterocycles. The monoisotopic (exact) mass is 372 g/mol. The number of benzene rings is 2. The Hall–Kier alpha value is -3.19. The van der Waals surface area contributed by atoms with Crippen molar-refractivity contribution in [3.05, 3.63) is 71.1 Å². The predicted molar refractivity (Wildman–Crippen MR) is 96.7 cm³/mol. The number of nitrogens with zero attached hydrogens (tertiary/aromatic N) is 2. The lowest BCUT2D eigenvalue weighted by Gasteiger charge is -2.06. The van der Waals surface area contributed by atoms with Gasteiger partial charge in [0.1, 0.15) is 11.6 Å². The van der Waals surface area contributed by atoms with Crippen molar-refractivity contribution < 1.29 is 13.9 Å². The Bertz CT molecular complexity index is 925. The van der Waals surface area contributed by atoms with E-state index in [1.807, 2.05) is 0 Å². The number of H-pyrrole nitrogens is 1. The molecule has 8 heteroatoms. The Morgan fingerprint density at radius 3 is 2.81 bits per heavy atom. The molecule has 0 unspecified atom stereocenters. The molecule has 0 atom stereocenters. The van der Waals surface area contributed by atoms with Gasteiger partial charge in [-0.05, 0) is 36.4 Å². The third kappa shape index (κ3) is 4.46. The topological polar surface area (TPSA) is 79.4 Å². The van der Waals surface area contributed by atoms with Crippen molar-refractivity contribution in [3.8, 4) is 17.0 Å².